The Morgan fingerprint density at radius 2 is 2.07 bits per heavy atom. The smallest absolute Gasteiger partial charge is 0.179 e. The van der Waals surface area contributed by atoms with Gasteiger partial charge in [0, 0.05) is 11.5 Å². The number of hydrogen-bond acceptors (Lipinski definition) is 3. The number of azide groups is 1. The van der Waals surface area contributed by atoms with Crippen LogP contribution in [0.5, 0.6) is 0 Å². The van der Waals surface area contributed by atoms with Crippen molar-refractivity contribution in [3.63, 3.8) is 0 Å². The van der Waals surface area contributed by atoms with E-state index in [0.717, 1.165) is 0 Å². The molecule has 0 amide bonds. The van der Waals surface area contributed by atoms with Crippen LogP contribution in [-0.4, -0.2) is 20.7 Å². The van der Waals surface area contributed by atoms with Crippen molar-refractivity contribution in [3.05, 3.63) is 39.7 Å². The van der Waals surface area contributed by atoms with Crippen LogP contribution in [0.25, 0.3) is 10.4 Å². The summed E-state index contributed by atoms with van der Waals surface area (Å²) in [5, 5.41) is 3.35. The van der Waals surface area contributed by atoms with Crippen LogP contribution in [0.2, 0.25) is 5.02 Å². The van der Waals surface area contributed by atoms with Gasteiger partial charge in [-0.15, -0.1) is 0 Å². The summed E-state index contributed by atoms with van der Waals surface area (Å²) in [6.07, 6.45) is 0. The maximum absolute atomic E-state index is 11.7. The Hall–Kier alpha value is -1.23. The van der Waals surface area contributed by atoms with Crippen molar-refractivity contribution in [1.29, 1.82) is 0 Å². The van der Waals surface area contributed by atoms with Crippen molar-refractivity contribution < 1.29 is 8.42 Å². The van der Waals surface area contributed by atoms with Gasteiger partial charge in [0.25, 0.3) is 0 Å². The highest BCUT2D eigenvalue weighted by Gasteiger charge is 2.16. The normalized spacial score (nSPS) is 10.7. The number of nitrogens with zero attached hydrogens (tertiary/aromatic N) is 3. The minimum Gasteiger partial charge on any atom is -0.224 e. The molecule has 0 aliphatic heterocycles. The number of benzene rings is 1. The summed E-state index contributed by atoms with van der Waals surface area (Å²) in [5.74, 6) is -0.235. The second-order valence-electron chi connectivity index (χ2n) is 2.70. The summed E-state index contributed by atoms with van der Waals surface area (Å²) in [6.45, 7) is -0.0932. The molecule has 0 unspecified atom stereocenters. The number of rotatable bonds is 4. The fourth-order valence-electron chi connectivity index (χ4n) is 1.01. The van der Waals surface area contributed by atoms with E-state index in [1.54, 1.807) is 12.1 Å². The molecule has 0 atom stereocenters. The van der Waals surface area contributed by atoms with Gasteiger partial charge in [0.2, 0.25) is 0 Å². The van der Waals surface area contributed by atoms with Crippen molar-refractivity contribution in [2.75, 3.05) is 12.3 Å². The van der Waals surface area contributed by atoms with E-state index >= 15 is 0 Å². The van der Waals surface area contributed by atoms with Crippen LogP contribution in [0.1, 0.15) is 0 Å². The lowest BCUT2D eigenvalue weighted by Gasteiger charge is -2.03. The van der Waals surface area contributed by atoms with Gasteiger partial charge in [-0.1, -0.05) is 28.8 Å². The van der Waals surface area contributed by atoms with Crippen molar-refractivity contribution in [1.82, 2.24) is 0 Å². The van der Waals surface area contributed by atoms with E-state index in [1.165, 1.54) is 12.1 Å². The van der Waals surface area contributed by atoms with Gasteiger partial charge in [0.15, 0.2) is 9.84 Å². The van der Waals surface area contributed by atoms with Crippen molar-refractivity contribution in [2.24, 2.45) is 5.11 Å². The molecule has 0 aromatic heterocycles. The third kappa shape index (κ3) is 3.13. The SMILES string of the molecule is [N-]=[N+]=NCCS(=O)(=O)c1ccccc1Cl. The third-order valence-electron chi connectivity index (χ3n) is 1.69. The maximum Gasteiger partial charge on any atom is 0.179 e. The molecule has 0 heterocycles. The molecular formula is C8H8ClN3O2S. The maximum atomic E-state index is 11.7. The molecule has 7 heteroatoms. The molecule has 0 N–H and O–H groups in total. The molecule has 15 heavy (non-hydrogen) atoms. The van der Waals surface area contributed by atoms with Crippen LogP contribution >= 0.6 is 11.6 Å². The summed E-state index contributed by atoms with van der Waals surface area (Å²) in [5.41, 5.74) is 8.03. The molecule has 5 nitrogen and oxygen atoms in total. The van der Waals surface area contributed by atoms with Crippen LogP contribution in [0.4, 0.5) is 0 Å². The van der Waals surface area contributed by atoms with Gasteiger partial charge in [-0.3, -0.25) is 0 Å². The molecule has 0 aliphatic carbocycles. The molecule has 0 saturated carbocycles. The number of hydrogen-bond donors (Lipinski definition) is 0. The summed E-state index contributed by atoms with van der Waals surface area (Å²) >= 11 is 5.74. The van der Waals surface area contributed by atoms with Gasteiger partial charge >= 0.3 is 0 Å². The third-order valence-corrected chi connectivity index (χ3v) is 3.88. The largest absolute Gasteiger partial charge is 0.224 e. The van der Waals surface area contributed by atoms with Gasteiger partial charge in [0.05, 0.1) is 15.7 Å². The van der Waals surface area contributed by atoms with E-state index in [1.807, 2.05) is 0 Å². The molecular weight excluding hydrogens is 238 g/mol. The van der Waals surface area contributed by atoms with Crippen LogP contribution < -0.4 is 0 Å². The van der Waals surface area contributed by atoms with E-state index in [2.05, 4.69) is 10.0 Å². The quantitative estimate of drug-likeness (QED) is 0.464. The molecule has 80 valence electrons. The van der Waals surface area contributed by atoms with Crippen molar-refractivity contribution in [3.8, 4) is 0 Å². The van der Waals surface area contributed by atoms with E-state index < -0.39 is 9.84 Å². The highest BCUT2D eigenvalue weighted by molar-refractivity contribution is 7.91. The zero-order valence-electron chi connectivity index (χ0n) is 7.67. The van der Waals surface area contributed by atoms with Crippen LogP contribution in [-0.2, 0) is 9.84 Å². The molecule has 1 rings (SSSR count). The Bertz CT molecular complexity index is 494. The second-order valence-corrected chi connectivity index (χ2v) is 5.19. The summed E-state index contributed by atoms with van der Waals surface area (Å²) in [4.78, 5) is 2.55. The molecule has 0 aliphatic rings. The summed E-state index contributed by atoms with van der Waals surface area (Å²) in [7, 11) is -3.46. The predicted molar refractivity (Wildman–Crippen MR) is 57.5 cm³/mol. The lowest BCUT2D eigenvalue weighted by molar-refractivity contribution is 0.596. The fourth-order valence-corrected chi connectivity index (χ4v) is 2.69. The van der Waals surface area contributed by atoms with Crippen molar-refractivity contribution >= 4 is 21.4 Å². The van der Waals surface area contributed by atoms with Gasteiger partial charge < -0.3 is 0 Å². The first-order valence-corrected chi connectivity index (χ1v) is 6.09. The Morgan fingerprint density at radius 1 is 1.40 bits per heavy atom. The zero-order valence-corrected chi connectivity index (χ0v) is 9.24. The van der Waals surface area contributed by atoms with Crippen LogP contribution in [0, 0.1) is 0 Å². The molecule has 0 bridgehead atoms. The van der Waals surface area contributed by atoms with E-state index in [4.69, 9.17) is 17.1 Å². The number of sulfone groups is 1. The molecule has 0 radical (unpaired) electrons. The Morgan fingerprint density at radius 3 is 2.67 bits per heavy atom. The highest BCUT2D eigenvalue weighted by Crippen LogP contribution is 2.21. The first-order valence-electron chi connectivity index (χ1n) is 4.06. The summed E-state index contributed by atoms with van der Waals surface area (Å²) < 4.78 is 23.3. The van der Waals surface area contributed by atoms with Crippen LogP contribution in [0.15, 0.2) is 34.3 Å². The van der Waals surface area contributed by atoms with Gasteiger partial charge in [0.1, 0.15) is 0 Å². The average Bonchev–Trinajstić information content (AvgIpc) is 2.18. The minimum atomic E-state index is -3.46. The highest BCUT2D eigenvalue weighted by atomic mass is 35.5. The van der Waals surface area contributed by atoms with E-state index in [-0.39, 0.29) is 22.2 Å². The topological polar surface area (TPSA) is 82.9 Å². The molecule has 0 spiro atoms. The first kappa shape index (κ1) is 11.8. The minimum absolute atomic E-state index is 0.0693. The Balaban J connectivity index is 2.96. The van der Waals surface area contributed by atoms with Gasteiger partial charge in [-0.2, -0.15) is 0 Å². The lowest BCUT2D eigenvalue weighted by Crippen LogP contribution is -2.09. The molecule has 1 aromatic rings. The number of halogens is 1. The zero-order chi connectivity index (χ0) is 11.3. The lowest BCUT2D eigenvalue weighted by atomic mass is 10.4. The Kier molecular flexibility index (Phi) is 3.96. The van der Waals surface area contributed by atoms with Gasteiger partial charge in [-0.25, -0.2) is 8.42 Å². The molecule has 0 fully saturated rings. The Labute approximate surface area is 92.2 Å². The fraction of sp³-hybridized carbons (Fsp3) is 0.250. The molecule has 0 saturated heterocycles. The van der Waals surface area contributed by atoms with E-state index in [0.29, 0.717) is 0 Å². The monoisotopic (exact) mass is 245 g/mol. The van der Waals surface area contributed by atoms with Gasteiger partial charge in [-0.05, 0) is 17.7 Å². The van der Waals surface area contributed by atoms with Crippen LogP contribution in [0.3, 0.4) is 0 Å². The summed E-state index contributed by atoms with van der Waals surface area (Å²) in [6, 6.07) is 6.16. The van der Waals surface area contributed by atoms with E-state index in [9.17, 15) is 8.42 Å². The molecule has 1 aromatic carbocycles. The van der Waals surface area contributed by atoms with Crippen molar-refractivity contribution in [2.45, 2.75) is 4.90 Å². The average molecular weight is 246 g/mol. The first-order chi connectivity index (χ1) is 7.08. The standard InChI is InChI=1S/C8H8ClN3O2S/c9-7-3-1-2-4-8(7)15(13,14)6-5-11-12-10/h1-4H,5-6H2. The second kappa shape index (κ2) is 5.02. The predicted octanol–water partition coefficient (Wildman–Crippen LogP) is 2.42.